The van der Waals surface area contributed by atoms with E-state index in [4.69, 9.17) is 9.26 Å². The number of carbonyl (C=O) groups is 3. The average Bonchev–Trinajstić information content (AvgIpc) is 3.26. The minimum absolute atomic E-state index is 0.0391. The van der Waals surface area contributed by atoms with Gasteiger partial charge in [-0.15, -0.1) is 0 Å². The number of ether oxygens (including phenoxy) is 1. The normalized spacial score (nSPS) is 10.2. The summed E-state index contributed by atoms with van der Waals surface area (Å²) in [5, 5.41) is 6.09. The monoisotopic (exact) mass is 408 g/mol. The van der Waals surface area contributed by atoms with Crippen LogP contribution in [0.15, 0.2) is 65.2 Å². The number of carbonyl (C=O) groups excluding carboxylic acids is 3. The Morgan fingerprint density at radius 1 is 0.967 bits per heavy atom. The molecule has 0 saturated carbocycles. The van der Waals surface area contributed by atoms with Crippen molar-refractivity contribution in [2.24, 2.45) is 0 Å². The second kappa shape index (κ2) is 9.87. The number of nitrogens with one attached hydrogen (secondary N) is 3. The van der Waals surface area contributed by atoms with Crippen LogP contribution in [0.4, 0.5) is 0 Å². The fraction of sp³-hybridized carbons (Fsp3) is 0.143. The van der Waals surface area contributed by atoms with Gasteiger partial charge < -0.3 is 14.6 Å². The summed E-state index contributed by atoms with van der Waals surface area (Å²) < 4.78 is 10.5. The van der Waals surface area contributed by atoms with Gasteiger partial charge in [0.25, 0.3) is 17.7 Å². The van der Waals surface area contributed by atoms with Crippen molar-refractivity contribution in [3.8, 4) is 17.1 Å². The van der Waals surface area contributed by atoms with Crippen LogP contribution in [0.2, 0.25) is 0 Å². The highest BCUT2D eigenvalue weighted by Gasteiger charge is 2.15. The molecule has 0 aliphatic carbocycles. The third kappa shape index (κ3) is 5.93. The molecule has 0 radical (unpaired) electrons. The summed E-state index contributed by atoms with van der Waals surface area (Å²) in [5.74, 6) is -0.748. The zero-order valence-corrected chi connectivity index (χ0v) is 16.2. The Morgan fingerprint density at radius 2 is 1.73 bits per heavy atom. The zero-order chi connectivity index (χ0) is 21.3. The average molecular weight is 408 g/mol. The number of benzene rings is 2. The minimum Gasteiger partial charge on any atom is -0.484 e. The molecule has 3 rings (SSSR count). The Morgan fingerprint density at radius 3 is 2.50 bits per heavy atom. The second-order valence-electron chi connectivity index (χ2n) is 6.33. The van der Waals surface area contributed by atoms with Crippen LogP contribution in [0.1, 0.15) is 16.1 Å². The molecule has 0 spiro atoms. The summed E-state index contributed by atoms with van der Waals surface area (Å²) >= 11 is 0. The second-order valence-corrected chi connectivity index (χ2v) is 6.33. The van der Waals surface area contributed by atoms with Gasteiger partial charge in [0.05, 0.1) is 6.54 Å². The summed E-state index contributed by atoms with van der Waals surface area (Å²) in [6.07, 6.45) is 0. The largest absolute Gasteiger partial charge is 0.484 e. The van der Waals surface area contributed by atoms with Crippen LogP contribution < -0.4 is 20.9 Å². The standard InChI is InChI=1S/C21H20N4O5/c1-14-6-5-9-16(10-14)29-13-20(27)24-23-19(26)12-22-21(28)17-11-18(30-25-17)15-7-3-2-4-8-15/h2-11H,12-13H2,1H3,(H,22,28)(H,23,26)(H,24,27). The van der Waals surface area contributed by atoms with Crippen molar-refractivity contribution in [3.63, 3.8) is 0 Å². The van der Waals surface area contributed by atoms with Crippen molar-refractivity contribution in [1.82, 2.24) is 21.3 Å². The lowest BCUT2D eigenvalue weighted by Crippen LogP contribution is -2.47. The van der Waals surface area contributed by atoms with Gasteiger partial charge in [0.1, 0.15) is 5.75 Å². The van der Waals surface area contributed by atoms with Gasteiger partial charge in [-0.3, -0.25) is 25.2 Å². The molecule has 3 amide bonds. The van der Waals surface area contributed by atoms with Gasteiger partial charge in [0.15, 0.2) is 18.1 Å². The molecule has 154 valence electrons. The van der Waals surface area contributed by atoms with Crippen molar-refractivity contribution in [1.29, 1.82) is 0 Å². The smallest absolute Gasteiger partial charge is 0.276 e. The first kappa shape index (κ1) is 20.6. The van der Waals surface area contributed by atoms with Crippen LogP contribution in [0.5, 0.6) is 5.75 Å². The Bertz CT molecular complexity index is 1030. The maximum absolute atomic E-state index is 12.1. The Kier molecular flexibility index (Phi) is 6.78. The van der Waals surface area contributed by atoms with E-state index in [1.807, 2.05) is 49.4 Å². The maximum atomic E-state index is 12.1. The molecule has 0 aliphatic heterocycles. The number of hydrogen-bond donors (Lipinski definition) is 3. The highest BCUT2D eigenvalue weighted by atomic mass is 16.5. The van der Waals surface area contributed by atoms with Crippen LogP contribution in [0.25, 0.3) is 11.3 Å². The van der Waals surface area contributed by atoms with Gasteiger partial charge in [0, 0.05) is 11.6 Å². The van der Waals surface area contributed by atoms with E-state index in [0.29, 0.717) is 11.5 Å². The highest BCUT2D eigenvalue weighted by Crippen LogP contribution is 2.19. The number of hydrogen-bond acceptors (Lipinski definition) is 6. The number of nitrogens with zero attached hydrogens (tertiary/aromatic N) is 1. The van der Waals surface area contributed by atoms with Crippen LogP contribution in [-0.2, 0) is 9.59 Å². The van der Waals surface area contributed by atoms with E-state index >= 15 is 0 Å². The van der Waals surface area contributed by atoms with Crippen molar-refractivity contribution in [3.05, 3.63) is 71.9 Å². The third-order valence-electron chi connectivity index (χ3n) is 3.91. The molecule has 30 heavy (non-hydrogen) atoms. The topological polar surface area (TPSA) is 123 Å². The maximum Gasteiger partial charge on any atom is 0.276 e. The SMILES string of the molecule is Cc1cccc(OCC(=O)NNC(=O)CNC(=O)c2cc(-c3ccccc3)on2)c1. The van der Waals surface area contributed by atoms with Crippen molar-refractivity contribution < 1.29 is 23.6 Å². The number of rotatable bonds is 7. The first-order valence-electron chi connectivity index (χ1n) is 9.09. The Balaban J connectivity index is 1.38. The fourth-order valence-corrected chi connectivity index (χ4v) is 2.45. The molecule has 9 nitrogen and oxygen atoms in total. The molecule has 3 N–H and O–H groups in total. The lowest BCUT2D eigenvalue weighted by Gasteiger charge is -2.09. The Hall–Kier alpha value is -4.14. The molecule has 2 aromatic carbocycles. The van der Waals surface area contributed by atoms with Crippen molar-refractivity contribution in [2.45, 2.75) is 6.92 Å². The molecule has 0 unspecified atom stereocenters. The summed E-state index contributed by atoms with van der Waals surface area (Å²) in [7, 11) is 0. The van der Waals surface area contributed by atoms with E-state index in [1.54, 1.807) is 12.1 Å². The molecule has 0 bridgehead atoms. The molecule has 1 aromatic heterocycles. The third-order valence-corrected chi connectivity index (χ3v) is 3.91. The van der Waals surface area contributed by atoms with Crippen LogP contribution in [-0.4, -0.2) is 36.0 Å². The summed E-state index contributed by atoms with van der Waals surface area (Å²) in [4.78, 5) is 35.6. The van der Waals surface area contributed by atoms with E-state index in [2.05, 4.69) is 21.3 Å². The molecule has 9 heteroatoms. The lowest BCUT2D eigenvalue weighted by molar-refractivity contribution is -0.129. The number of amides is 3. The fourth-order valence-electron chi connectivity index (χ4n) is 2.45. The van der Waals surface area contributed by atoms with Crippen molar-refractivity contribution >= 4 is 17.7 Å². The van der Waals surface area contributed by atoms with E-state index in [1.165, 1.54) is 6.07 Å². The Labute approximate surface area is 172 Å². The molecular weight excluding hydrogens is 388 g/mol. The van der Waals surface area contributed by atoms with Gasteiger partial charge in [-0.1, -0.05) is 47.6 Å². The van der Waals surface area contributed by atoms with E-state index in [9.17, 15) is 14.4 Å². The zero-order valence-electron chi connectivity index (χ0n) is 16.2. The molecule has 1 heterocycles. The van der Waals surface area contributed by atoms with Crippen LogP contribution >= 0.6 is 0 Å². The number of aromatic nitrogens is 1. The lowest BCUT2D eigenvalue weighted by atomic mass is 10.1. The summed E-state index contributed by atoms with van der Waals surface area (Å²) in [6.45, 7) is 1.28. The summed E-state index contributed by atoms with van der Waals surface area (Å²) in [5.41, 5.74) is 6.21. The van der Waals surface area contributed by atoms with E-state index < -0.39 is 17.7 Å². The molecule has 0 atom stereocenters. The number of hydrazine groups is 1. The summed E-state index contributed by atoms with van der Waals surface area (Å²) in [6, 6.07) is 17.9. The van der Waals surface area contributed by atoms with Gasteiger partial charge in [-0.25, -0.2) is 0 Å². The molecule has 0 aliphatic rings. The van der Waals surface area contributed by atoms with E-state index in [0.717, 1.165) is 11.1 Å². The van der Waals surface area contributed by atoms with Crippen LogP contribution in [0, 0.1) is 6.92 Å². The quantitative estimate of drug-likeness (QED) is 0.511. The molecule has 0 saturated heterocycles. The number of aryl methyl sites for hydroxylation is 1. The van der Waals surface area contributed by atoms with Gasteiger partial charge in [0.2, 0.25) is 0 Å². The predicted molar refractivity (Wildman–Crippen MR) is 107 cm³/mol. The van der Waals surface area contributed by atoms with Gasteiger partial charge in [-0.05, 0) is 24.6 Å². The molecule has 0 fully saturated rings. The van der Waals surface area contributed by atoms with Gasteiger partial charge in [-0.2, -0.15) is 0 Å². The van der Waals surface area contributed by atoms with E-state index in [-0.39, 0.29) is 18.8 Å². The first-order chi connectivity index (χ1) is 14.5. The minimum atomic E-state index is -0.612. The predicted octanol–water partition coefficient (Wildman–Crippen LogP) is 1.61. The molecular formula is C21H20N4O5. The van der Waals surface area contributed by atoms with Crippen LogP contribution in [0.3, 0.4) is 0 Å². The van der Waals surface area contributed by atoms with Gasteiger partial charge >= 0.3 is 0 Å². The first-order valence-corrected chi connectivity index (χ1v) is 9.09. The highest BCUT2D eigenvalue weighted by molar-refractivity contribution is 5.95. The van der Waals surface area contributed by atoms with Crippen molar-refractivity contribution in [2.75, 3.05) is 13.2 Å². The molecule has 3 aromatic rings.